The Balaban J connectivity index is 2.25. The average Bonchev–Trinajstić information content (AvgIpc) is 2.45. The van der Waals surface area contributed by atoms with Crippen LogP contribution in [0.2, 0.25) is 0 Å². The van der Waals surface area contributed by atoms with E-state index in [1.807, 2.05) is 12.1 Å². The molecular formula is C16H13BrF2O. The van der Waals surface area contributed by atoms with E-state index in [4.69, 9.17) is 0 Å². The summed E-state index contributed by atoms with van der Waals surface area (Å²) in [5.41, 5.74) is 0.882. The van der Waals surface area contributed by atoms with Crippen LogP contribution in [0.3, 0.4) is 0 Å². The Morgan fingerprint density at radius 3 is 2.15 bits per heavy atom. The normalized spacial score (nSPS) is 10.6. The second-order valence-electron chi connectivity index (χ2n) is 4.42. The summed E-state index contributed by atoms with van der Waals surface area (Å²) >= 11 is 3.35. The van der Waals surface area contributed by atoms with Gasteiger partial charge in [-0.3, -0.25) is 4.79 Å². The van der Waals surface area contributed by atoms with Crippen LogP contribution in [-0.4, -0.2) is 11.1 Å². The quantitative estimate of drug-likeness (QED) is 0.578. The van der Waals surface area contributed by atoms with Crippen LogP contribution in [0.15, 0.2) is 42.5 Å². The van der Waals surface area contributed by atoms with Crippen LogP contribution >= 0.6 is 15.9 Å². The van der Waals surface area contributed by atoms with Gasteiger partial charge < -0.3 is 0 Å². The number of benzene rings is 2. The van der Waals surface area contributed by atoms with Crippen molar-refractivity contribution >= 4 is 21.7 Å². The third kappa shape index (κ3) is 3.31. The number of hydrogen-bond acceptors (Lipinski definition) is 1. The fourth-order valence-electron chi connectivity index (χ4n) is 1.95. The molecule has 0 bridgehead atoms. The molecule has 2 aromatic carbocycles. The number of carbonyl (C=O) groups is 1. The molecule has 0 aliphatic heterocycles. The molecule has 0 fully saturated rings. The summed E-state index contributed by atoms with van der Waals surface area (Å²) in [6, 6.07) is 10.3. The zero-order chi connectivity index (χ0) is 14.5. The molecule has 0 N–H and O–H groups in total. The summed E-state index contributed by atoms with van der Waals surface area (Å²) in [6.45, 7) is 0. The van der Waals surface area contributed by atoms with Crippen molar-refractivity contribution < 1.29 is 13.6 Å². The number of carbonyl (C=O) groups excluding carboxylic acids is 1. The van der Waals surface area contributed by atoms with Crippen molar-refractivity contribution in [1.29, 1.82) is 0 Å². The topological polar surface area (TPSA) is 17.1 Å². The van der Waals surface area contributed by atoms with Gasteiger partial charge in [-0.1, -0.05) is 46.3 Å². The highest BCUT2D eigenvalue weighted by molar-refractivity contribution is 9.09. The largest absolute Gasteiger partial charge is 0.288 e. The molecule has 0 aliphatic carbocycles. The highest BCUT2D eigenvalue weighted by Crippen LogP contribution is 2.18. The van der Waals surface area contributed by atoms with E-state index in [0.717, 1.165) is 35.9 Å². The molecule has 0 unspecified atom stereocenters. The number of halogens is 3. The maximum absolute atomic E-state index is 13.6. The van der Waals surface area contributed by atoms with Crippen LogP contribution in [0, 0.1) is 11.6 Å². The van der Waals surface area contributed by atoms with Crippen molar-refractivity contribution in [2.75, 3.05) is 5.33 Å². The van der Waals surface area contributed by atoms with Crippen LogP contribution in [0.1, 0.15) is 27.9 Å². The Labute approximate surface area is 124 Å². The van der Waals surface area contributed by atoms with Crippen LogP contribution in [-0.2, 0) is 6.42 Å². The van der Waals surface area contributed by atoms with E-state index < -0.39 is 23.0 Å². The average molecular weight is 339 g/mol. The molecule has 0 saturated heterocycles. The third-order valence-electron chi connectivity index (χ3n) is 3.01. The van der Waals surface area contributed by atoms with Gasteiger partial charge in [-0.05, 0) is 30.5 Å². The van der Waals surface area contributed by atoms with Crippen molar-refractivity contribution in [3.05, 3.63) is 70.8 Å². The molecule has 20 heavy (non-hydrogen) atoms. The molecule has 1 nitrogen and oxygen atoms in total. The minimum atomic E-state index is -0.835. The van der Waals surface area contributed by atoms with Gasteiger partial charge in [-0.15, -0.1) is 0 Å². The Bertz CT molecular complexity index is 588. The van der Waals surface area contributed by atoms with E-state index >= 15 is 0 Å². The minimum Gasteiger partial charge on any atom is -0.288 e. The lowest BCUT2D eigenvalue weighted by molar-refractivity contribution is 0.103. The highest BCUT2D eigenvalue weighted by atomic mass is 79.9. The first-order chi connectivity index (χ1) is 9.63. The smallest absolute Gasteiger partial charge is 0.198 e. The van der Waals surface area contributed by atoms with E-state index in [-0.39, 0.29) is 5.56 Å². The van der Waals surface area contributed by atoms with Crippen molar-refractivity contribution in [3.8, 4) is 0 Å². The first kappa shape index (κ1) is 14.9. The van der Waals surface area contributed by atoms with Crippen LogP contribution in [0.4, 0.5) is 8.78 Å². The molecular weight excluding hydrogens is 326 g/mol. The van der Waals surface area contributed by atoms with Gasteiger partial charge in [-0.25, -0.2) is 8.78 Å². The Morgan fingerprint density at radius 1 is 1.00 bits per heavy atom. The van der Waals surface area contributed by atoms with Crippen LogP contribution in [0.25, 0.3) is 0 Å². The molecule has 0 saturated carbocycles. The van der Waals surface area contributed by atoms with Gasteiger partial charge in [0.15, 0.2) is 5.78 Å². The van der Waals surface area contributed by atoms with Crippen molar-refractivity contribution in [3.63, 3.8) is 0 Å². The summed E-state index contributed by atoms with van der Waals surface area (Å²) in [5.74, 6) is -2.30. The van der Waals surface area contributed by atoms with Gasteiger partial charge in [0.25, 0.3) is 0 Å². The Morgan fingerprint density at radius 2 is 1.60 bits per heavy atom. The molecule has 0 amide bonds. The van der Waals surface area contributed by atoms with Crippen molar-refractivity contribution in [1.82, 2.24) is 0 Å². The predicted octanol–water partition coefficient (Wildman–Crippen LogP) is 4.52. The zero-order valence-electron chi connectivity index (χ0n) is 10.7. The lowest BCUT2D eigenvalue weighted by atomic mass is 10.00. The molecule has 0 heterocycles. The van der Waals surface area contributed by atoms with Gasteiger partial charge in [0.05, 0.1) is 5.56 Å². The predicted molar refractivity (Wildman–Crippen MR) is 78.3 cm³/mol. The third-order valence-corrected chi connectivity index (χ3v) is 3.57. The van der Waals surface area contributed by atoms with Gasteiger partial charge >= 0.3 is 0 Å². The number of hydrogen-bond donors (Lipinski definition) is 0. The minimum absolute atomic E-state index is 0.289. The first-order valence-corrected chi connectivity index (χ1v) is 7.39. The van der Waals surface area contributed by atoms with Crippen molar-refractivity contribution in [2.24, 2.45) is 0 Å². The van der Waals surface area contributed by atoms with E-state index in [0.29, 0.717) is 0 Å². The summed E-state index contributed by atoms with van der Waals surface area (Å²) in [5, 5.41) is 0.911. The molecule has 0 aromatic heterocycles. The number of rotatable bonds is 5. The lowest BCUT2D eigenvalue weighted by Gasteiger charge is -2.05. The molecule has 104 valence electrons. The Kier molecular flexibility index (Phi) is 5.01. The maximum atomic E-state index is 13.6. The lowest BCUT2D eigenvalue weighted by Crippen LogP contribution is -2.07. The van der Waals surface area contributed by atoms with Gasteiger partial charge in [0.1, 0.15) is 11.6 Å². The fraction of sp³-hybridized carbons (Fsp3) is 0.188. The second-order valence-corrected chi connectivity index (χ2v) is 5.21. The molecule has 2 rings (SSSR count). The molecule has 0 aliphatic rings. The zero-order valence-corrected chi connectivity index (χ0v) is 12.3. The molecule has 0 atom stereocenters. The summed E-state index contributed by atoms with van der Waals surface area (Å²) < 4.78 is 27.1. The van der Waals surface area contributed by atoms with E-state index in [1.54, 1.807) is 12.1 Å². The maximum Gasteiger partial charge on any atom is 0.198 e. The summed E-state index contributed by atoms with van der Waals surface area (Å²) in [6.07, 6.45) is 1.89. The number of alkyl halides is 1. The number of aryl methyl sites for hydroxylation is 1. The summed E-state index contributed by atoms with van der Waals surface area (Å²) in [7, 11) is 0. The van der Waals surface area contributed by atoms with E-state index in [1.165, 1.54) is 6.07 Å². The molecule has 0 spiro atoms. The Hall–Kier alpha value is -1.55. The second kappa shape index (κ2) is 6.75. The summed E-state index contributed by atoms with van der Waals surface area (Å²) in [4.78, 5) is 12.1. The number of ketones is 1. The standard InChI is InChI=1S/C16H13BrF2O/c17-10-2-3-11-6-8-12(9-7-11)16(20)15-13(18)4-1-5-14(15)19/h1,4-9H,2-3,10H2. The molecule has 0 radical (unpaired) electrons. The van der Waals surface area contributed by atoms with Crippen LogP contribution in [0.5, 0.6) is 0 Å². The first-order valence-electron chi connectivity index (χ1n) is 6.27. The molecule has 4 heteroatoms. The fourth-order valence-corrected chi connectivity index (χ4v) is 2.23. The van der Waals surface area contributed by atoms with Crippen LogP contribution < -0.4 is 0 Å². The van der Waals surface area contributed by atoms with E-state index in [2.05, 4.69) is 15.9 Å². The monoisotopic (exact) mass is 338 g/mol. The van der Waals surface area contributed by atoms with Gasteiger partial charge in [0, 0.05) is 10.9 Å². The van der Waals surface area contributed by atoms with Gasteiger partial charge in [0.2, 0.25) is 0 Å². The highest BCUT2D eigenvalue weighted by Gasteiger charge is 2.18. The molecule has 2 aromatic rings. The van der Waals surface area contributed by atoms with Gasteiger partial charge in [-0.2, -0.15) is 0 Å². The SMILES string of the molecule is O=C(c1ccc(CCCBr)cc1)c1c(F)cccc1F. The van der Waals surface area contributed by atoms with Crippen molar-refractivity contribution in [2.45, 2.75) is 12.8 Å². The van der Waals surface area contributed by atoms with E-state index in [9.17, 15) is 13.6 Å².